The van der Waals surface area contributed by atoms with Gasteiger partial charge in [0.25, 0.3) is 5.79 Å². The first kappa shape index (κ1) is 19.5. The molecule has 1 heterocycles. The molecule has 1 saturated heterocycles. The maximum absolute atomic E-state index is 12.1. The first-order valence-electron chi connectivity index (χ1n) is 7.24. The van der Waals surface area contributed by atoms with Gasteiger partial charge in [0.05, 0.1) is 17.9 Å². The van der Waals surface area contributed by atoms with Gasteiger partial charge in [-0.15, -0.1) is 0 Å². The molecule has 1 fully saturated rings. The highest BCUT2D eigenvalue weighted by atomic mass is 79.9. The Hall–Kier alpha value is -1.87. The Morgan fingerprint density at radius 1 is 1.24 bits per heavy atom. The number of carbonyl (C=O) groups excluding carboxylic acids is 3. The molecule has 1 aromatic carbocycles. The summed E-state index contributed by atoms with van der Waals surface area (Å²) in [6.07, 6.45) is 1.14. The van der Waals surface area contributed by atoms with Crippen molar-refractivity contribution in [2.24, 2.45) is 0 Å². The summed E-state index contributed by atoms with van der Waals surface area (Å²) >= 11 is 6.63. The van der Waals surface area contributed by atoms with Crippen molar-refractivity contribution in [2.75, 3.05) is 11.9 Å². The second-order valence-corrected chi connectivity index (χ2v) is 7.18. The molecule has 7 nitrogen and oxygen atoms in total. The molecule has 0 aliphatic carbocycles. The zero-order valence-corrected chi connectivity index (χ0v) is 16.8. The van der Waals surface area contributed by atoms with Crippen molar-refractivity contribution in [3.8, 4) is 0 Å². The lowest BCUT2D eigenvalue weighted by Gasteiger charge is -2.29. The molecule has 0 amide bonds. The van der Waals surface area contributed by atoms with E-state index in [1.54, 1.807) is 19.1 Å². The number of carbonyl (C=O) groups is 3. The van der Waals surface area contributed by atoms with Crippen molar-refractivity contribution in [1.29, 1.82) is 0 Å². The van der Waals surface area contributed by atoms with Crippen LogP contribution in [-0.2, 0) is 23.8 Å². The first-order chi connectivity index (χ1) is 11.6. The van der Waals surface area contributed by atoms with Crippen LogP contribution in [-0.4, -0.2) is 30.3 Å². The highest BCUT2D eigenvalue weighted by Gasteiger charge is 2.39. The number of nitrogens with one attached hydrogen (secondary N) is 1. The highest BCUT2D eigenvalue weighted by Crippen LogP contribution is 2.32. The maximum atomic E-state index is 12.1. The number of hydrogen-bond acceptors (Lipinski definition) is 7. The van der Waals surface area contributed by atoms with Gasteiger partial charge in [0.15, 0.2) is 5.57 Å². The van der Waals surface area contributed by atoms with Gasteiger partial charge in [0, 0.05) is 29.0 Å². The van der Waals surface area contributed by atoms with E-state index in [0.717, 1.165) is 6.20 Å². The molecule has 0 bridgehead atoms. The van der Waals surface area contributed by atoms with E-state index < -0.39 is 23.7 Å². The minimum Gasteiger partial charge on any atom is -0.462 e. The van der Waals surface area contributed by atoms with E-state index in [4.69, 9.17) is 14.2 Å². The number of halogens is 2. The molecule has 0 radical (unpaired) electrons. The van der Waals surface area contributed by atoms with E-state index in [0.29, 0.717) is 14.6 Å². The third kappa shape index (κ3) is 4.60. The van der Waals surface area contributed by atoms with Crippen molar-refractivity contribution in [3.63, 3.8) is 0 Å². The van der Waals surface area contributed by atoms with E-state index in [9.17, 15) is 14.4 Å². The molecule has 25 heavy (non-hydrogen) atoms. The number of ether oxygens (including phenoxy) is 3. The van der Waals surface area contributed by atoms with Crippen LogP contribution >= 0.6 is 31.9 Å². The number of benzene rings is 1. The van der Waals surface area contributed by atoms with Crippen LogP contribution in [0, 0.1) is 0 Å². The quantitative estimate of drug-likeness (QED) is 0.403. The molecule has 2 rings (SSSR count). The topological polar surface area (TPSA) is 90.9 Å². The molecule has 0 aromatic heterocycles. The van der Waals surface area contributed by atoms with E-state index >= 15 is 0 Å². The number of hydrogen-bond donors (Lipinski definition) is 1. The lowest BCUT2D eigenvalue weighted by Crippen LogP contribution is -2.42. The fraction of sp³-hybridized carbons (Fsp3) is 0.312. The zero-order valence-electron chi connectivity index (χ0n) is 13.6. The smallest absolute Gasteiger partial charge is 0.350 e. The molecule has 0 unspecified atom stereocenters. The Labute approximate surface area is 160 Å². The van der Waals surface area contributed by atoms with Crippen molar-refractivity contribution < 1.29 is 28.6 Å². The van der Waals surface area contributed by atoms with E-state index in [-0.39, 0.29) is 17.7 Å². The summed E-state index contributed by atoms with van der Waals surface area (Å²) in [7, 11) is 0. The van der Waals surface area contributed by atoms with Gasteiger partial charge in [-0.2, -0.15) is 0 Å². The standard InChI is InChI=1S/C16H15Br2NO6/c1-4-23-13(20)9-5-8(17)6-11(18)12(9)19-7-10-14(21)24-16(2,3)25-15(10)22/h5-7,19H,4H2,1-3H3. The number of anilines is 1. The molecule has 0 atom stereocenters. The molecule has 0 saturated carbocycles. The molecule has 1 aliphatic rings. The fourth-order valence-corrected chi connectivity index (χ4v) is 3.35. The molecular formula is C16H15Br2NO6. The number of esters is 3. The van der Waals surface area contributed by atoms with Gasteiger partial charge in [0.2, 0.25) is 0 Å². The summed E-state index contributed by atoms with van der Waals surface area (Å²) in [5, 5.41) is 2.77. The first-order valence-corrected chi connectivity index (χ1v) is 8.82. The van der Waals surface area contributed by atoms with Crippen LogP contribution in [0.3, 0.4) is 0 Å². The third-order valence-corrected chi connectivity index (χ3v) is 4.11. The predicted octanol–water partition coefficient (Wildman–Crippen LogP) is 3.52. The second-order valence-electron chi connectivity index (χ2n) is 5.41. The minimum absolute atomic E-state index is 0.206. The van der Waals surface area contributed by atoms with E-state index in [1.807, 2.05) is 0 Å². The van der Waals surface area contributed by atoms with Gasteiger partial charge in [-0.05, 0) is 35.0 Å². The van der Waals surface area contributed by atoms with Crippen molar-refractivity contribution >= 4 is 55.5 Å². The summed E-state index contributed by atoms with van der Waals surface area (Å²) in [4.78, 5) is 36.0. The fourth-order valence-electron chi connectivity index (χ4n) is 2.01. The largest absolute Gasteiger partial charge is 0.462 e. The highest BCUT2D eigenvalue weighted by molar-refractivity contribution is 9.11. The van der Waals surface area contributed by atoms with Crippen LogP contribution in [0.25, 0.3) is 0 Å². The average Bonchev–Trinajstić information content (AvgIpc) is 2.46. The lowest BCUT2D eigenvalue weighted by molar-refractivity contribution is -0.222. The van der Waals surface area contributed by atoms with Crippen molar-refractivity contribution in [3.05, 3.63) is 38.4 Å². The van der Waals surface area contributed by atoms with E-state index in [2.05, 4.69) is 37.2 Å². The van der Waals surface area contributed by atoms with Crippen molar-refractivity contribution in [1.82, 2.24) is 0 Å². The molecule has 0 spiro atoms. The molecular weight excluding hydrogens is 462 g/mol. The molecule has 1 aliphatic heterocycles. The number of cyclic esters (lactones) is 2. The Morgan fingerprint density at radius 2 is 1.84 bits per heavy atom. The van der Waals surface area contributed by atoms with E-state index in [1.165, 1.54) is 13.8 Å². The Balaban J connectivity index is 2.36. The van der Waals surface area contributed by atoms with Crippen LogP contribution in [0.1, 0.15) is 31.1 Å². The van der Waals surface area contributed by atoms with Gasteiger partial charge >= 0.3 is 17.9 Å². The molecule has 1 N–H and O–H groups in total. The summed E-state index contributed by atoms with van der Waals surface area (Å²) in [5.74, 6) is -3.51. The average molecular weight is 477 g/mol. The van der Waals surface area contributed by atoms with Crippen molar-refractivity contribution in [2.45, 2.75) is 26.6 Å². The van der Waals surface area contributed by atoms with Crippen LogP contribution < -0.4 is 5.32 Å². The second kappa shape index (κ2) is 7.57. The Bertz CT molecular complexity index is 750. The van der Waals surface area contributed by atoms with Crippen LogP contribution in [0.4, 0.5) is 5.69 Å². The normalized spacial score (nSPS) is 16.0. The monoisotopic (exact) mass is 475 g/mol. The summed E-state index contributed by atoms with van der Waals surface area (Å²) < 4.78 is 16.2. The van der Waals surface area contributed by atoms with Gasteiger partial charge in [0.1, 0.15) is 0 Å². The third-order valence-electron chi connectivity index (χ3n) is 3.03. The Morgan fingerprint density at radius 3 is 2.40 bits per heavy atom. The summed E-state index contributed by atoms with van der Waals surface area (Å²) in [5.41, 5.74) is 0.237. The summed E-state index contributed by atoms with van der Waals surface area (Å²) in [6, 6.07) is 3.26. The summed E-state index contributed by atoms with van der Waals surface area (Å²) in [6.45, 7) is 4.81. The minimum atomic E-state index is -1.32. The lowest BCUT2D eigenvalue weighted by atomic mass is 10.1. The van der Waals surface area contributed by atoms with Gasteiger partial charge in [-0.25, -0.2) is 14.4 Å². The molecule has 134 valence electrons. The Kier molecular flexibility index (Phi) is 5.89. The predicted molar refractivity (Wildman–Crippen MR) is 95.8 cm³/mol. The van der Waals surface area contributed by atoms with Crippen LogP contribution in [0.15, 0.2) is 32.9 Å². The van der Waals surface area contributed by atoms with Crippen LogP contribution in [0.5, 0.6) is 0 Å². The number of rotatable bonds is 4. The van der Waals surface area contributed by atoms with Gasteiger partial charge < -0.3 is 19.5 Å². The maximum Gasteiger partial charge on any atom is 0.350 e. The molecule has 9 heteroatoms. The van der Waals surface area contributed by atoms with Gasteiger partial charge in [-0.1, -0.05) is 15.9 Å². The van der Waals surface area contributed by atoms with Crippen LogP contribution in [0.2, 0.25) is 0 Å². The van der Waals surface area contributed by atoms with Gasteiger partial charge in [-0.3, -0.25) is 0 Å². The zero-order chi connectivity index (χ0) is 18.8. The SMILES string of the molecule is CCOC(=O)c1cc(Br)cc(Br)c1NC=C1C(=O)OC(C)(C)OC1=O. The molecule has 1 aromatic rings.